The molecule has 2 unspecified atom stereocenters. The molecule has 1 aliphatic heterocycles. The van der Waals surface area contributed by atoms with Crippen LogP contribution in [-0.4, -0.2) is 31.0 Å². The molecule has 0 aromatic heterocycles. The maximum Gasteiger partial charge on any atom is 0.0701 e. The molecule has 0 aliphatic carbocycles. The molecule has 0 saturated carbocycles. The second kappa shape index (κ2) is 3.15. The van der Waals surface area contributed by atoms with Gasteiger partial charge in [-0.05, 0) is 6.42 Å². The summed E-state index contributed by atoms with van der Waals surface area (Å²) in [5, 5.41) is 8.66. The number of hydrogen-bond donors (Lipinski definition) is 2. The lowest BCUT2D eigenvalue weighted by molar-refractivity contribution is 0.106. The Bertz CT molecular complexity index is 77.1. The molecule has 1 aliphatic rings. The van der Waals surface area contributed by atoms with E-state index in [-0.39, 0.29) is 12.7 Å². The average Bonchev–Trinajstić information content (AvgIpc) is 2.34. The van der Waals surface area contributed by atoms with Crippen LogP contribution in [-0.2, 0) is 4.74 Å². The third-order valence-electron chi connectivity index (χ3n) is 1.68. The van der Waals surface area contributed by atoms with Crippen molar-refractivity contribution < 1.29 is 9.84 Å². The molecule has 0 aromatic rings. The zero-order valence-corrected chi connectivity index (χ0v) is 5.42. The van der Waals surface area contributed by atoms with E-state index >= 15 is 0 Å². The second-order valence-electron chi connectivity index (χ2n) is 2.48. The van der Waals surface area contributed by atoms with E-state index in [9.17, 15) is 0 Å². The van der Waals surface area contributed by atoms with E-state index in [1.165, 1.54) is 0 Å². The topological polar surface area (TPSA) is 55.5 Å². The molecular weight excluding hydrogens is 118 g/mol. The first-order valence-electron chi connectivity index (χ1n) is 3.29. The van der Waals surface area contributed by atoms with Crippen molar-refractivity contribution in [3.8, 4) is 0 Å². The Hall–Kier alpha value is -0.120. The van der Waals surface area contributed by atoms with E-state index in [4.69, 9.17) is 15.6 Å². The van der Waals surface area contributed by atoms with Crippen molar-refractivity contribution in [3.05, 3.63) is 0 Å². The van der Waals surface area contributed by atoms with Gasteiger partial charge in [0.1, 0.15) is 0 Å². The van der Waals surface area contributed by atoms with Gasteiger partial charge in [0.25, 0.3) is 0 Å². The summed E-state index contributed by atoms with van der Waals surface area (Å²) in [6.07, 6.45) is 1.12. The quantitative estimate of drug-likeness (QED) is 0.523. The molecule has 0 spiro atoms. The Morgan fingerprint density at radius 1 is 1.67 bits per heavy atom. The number of aliphatic hydroxyl groups excluding tert-OH is 1. The maximum absolute atomic E-state index is 8.66. The molecule has 1 fully saturated rings. The van der Waals surface area contributed by atoms with Crippen LogP contribution in [0.1, 0.15) is 6.42 Å². The van der Waals surface area contributed by atoms with Gasteiger partial charge < -0.3 is 15.6 Å². The molecule has 1 heterocycles. The number of nitrogens with two attached hydrogens (primary N) is 1. The van der Waals surface area contributed by atoms with Gasteiger partial charge in [-0.15, -0.1) is 0 Å². The highest BCUT2D eigenvalue weighted by Gasteiger charge is 2.22. The van der Waals surface area contributed by atoms with Gasteiger partial charge in [-0.25, -0.2) is 0 Å². The van der Waals surface area contributed by atoms with Crippen LogP contribution >= 0.6 is 0 Å². The lowest BCUT2D eigenvalue weighted by atomic mass is 10.1. The SMILES string of the molecule is NCC1CC(CO)CO1. The third kappa shape index (κ3) is 1.64. The van der Waals surface area contributed by atoms with Crippen LogP contribution < -0.4 is 5.73 Å². The van der Waals surface area contributed by atoms with E-state index in [1.807, 2.05) is 0 Å². The average molecular weight is 131 g/mol. The highest BCUT2D eigenvalue weighted by atomic mass is 16.5. The molecule has 0 bridgehead atoms. The largest absolute Gasteiger partial charge is 0.396 e. The summed E-state index contributed by atoms with van der Waals surface area (Å²) in [6.45, 7) is 1.49. The zero-order chi connectivity index (χ0) is 6.69. The van der Waals surface area contributed by atoms with Gasteiger partial charge in [0, 0.05) is 19.1 Å². The standard InChI is InChI=1S/C6H13NO2/c7-2-6-1-5(3-8)4-9-6/h5-6,8H,1-4,7H2. The molecule has 3 N–H and O–H groups in total. The van der Waals surface area contributed by atoms with Crippen LogP contribution in [0.15, 0.2) is 0 Å². The van der Waals surface area contributed by atoms with Crippen LogP contribution in [0.4, 0.5) is 0 Å². The van der Waals surface area contributed by atoms with Gasteiger partial charge >= 0.3 is 0 Å². The van der Waals surface area contributed by atoms with E-state index in [0.717, 1.165) is 6.42 Å². The monoisotopic (exact) mass is 131 g/mol. The minimum Gasteiger partial charge on any atom is -0.396 e. The van der Waals surface area contributed by atoms with E-state index in [0.29, 0.717) is 19.1 Å². The van der Waals surface area contributed by atoms with E-state index < -0.39 is 0 Å². The Labute approximate surface area is 54.8 Å². The smallest absolute Gasteiger partial charge is 0.0701 e. The predicted molar refractivity (Wildman–Crippen MR) is 34.0 cm³/mol. The summed E-state index contributed by atoms with van der Waals surface area (Å²) in [7, 11) is 0. The second-order valence-corrected chi connectivity index (χ2v) is 2.48. The molecule has 0 radical (unpaired) electrons. The van der Waals surface area contributed by atoms with Gasteiger partial charge in [0.15, 0.2) is 0 Å². The number of rotatable bonds is 2. The van der Waals surface area contributed by atoms with Crippen LogP contribution in [0, 0.1) is 5.92 Å². The molecule has 9 heavy (non-hydrogen) atoms. The van der Waals surface area contributed by atoms with Crippen LogP contribution in [0.2, 0.25) is 0 Å². The molecule has 54 valence electrons. The van der Waals surface area contributed by atoms with Crippen molar-refractivity contribution in [2.24, 2.45) is 11.7 Å². The fraction of sp³-hybridized carbons (Fsp3) is 1.00. The maximum atomic E-state index is 8.66. The summed E-state index contributed by atoms with van der Waals surface area (Å²) in [6, 6.07) is 0. The molecule has 1 saturated heterocycles. The van der Waals surface area contributed by atoms with Gasteiger partial charge in [-0.3, -0.25) is 0 Å². The molecule has 0 amide bonds. The van der Waals surface area contributed by atoms with Crippen molar-refractivity contribution in [2.45, 2.75) is 12.5 Å². The van der Waals surface area contributed by atoms with E-state index in [2.05, 4.69) is 0 Å². The third-order valence-corrected chi connectivity index (χ3v) is 1.68. The first kappa shape index (κ1) is 6.99. The lowest BCUT2D eigenvalue weighted by Crippen LogP contribution is -2.18. The van der Waals surface area contributed by atoms with Crippen molar-refractivity contribution in [3.63, 3.8) is 0 Å². The minimum atomic E-state index is 0.196. The van der Waals surface area contributed by atoms with Crippen LogP contribution in [0.25, 0.3) is 0 Å². The molecule has 2 atom stereocenters. The first-order valence-corrected chi connectivity index (χ1v) is 3.29. The van der Waals surface area contributed by atoms with Crippen LogP contribution in [0.5, 0.6) is 0 Å². The number of hydrogen-bond acceptors (Lipinski definition) is 3. The summed E-state index contributed by atoms with van der Waals surface area (Å²) in [5.74, 6) is 0.332. The zero-order valence-electron chi connectivity index (χ0n) is 5.42. The predicted octanol–water partition coefficient (Wildman–Crippen LogP) is -0.658. The highest BCUT2D eigenvalue weighted by molar-refractivity contribution is 4.72. The summed E-state index contributed by atoms with van der Waals surface area (Å²) >= 11 is 0. The Morgan fingerprint density at radius 2 is 2.44 bits per heavy atom. The van der Waals surface area contributed by atoms with Crippen molar-refractivity contribution in [2.75, 3.05) is 19.8 Å². The summed E-state index contributed by atoms with van der Waals surface area (Å²) < 4.78 is 5.22. The van der Waals surface area contributed by atoms with Gasteiger partial charge in [-0.2, -0.15) is 0 Å². The lowest BCUT2D eigenvalue weighted by Gasteiger charge is -2.02. The van der Waals surface area contributed by atoms with E-state index in [1.54, 1.807) is 0 Å². The minimum absolute atomic E-state index is 0.196. The van der Waals surface area contributed by atoms with Gasteiger partial charge in [0.2, 0.25) is 0 Å². The molecule has 3 heteroatoms. The Balaban J connectivity index is 2.20. The van der Waals surface area contributed by atoms with Gasteiger partial charge in [0.05, 0.1) is 12.7 Å². The number of aliphatic hydroxyl groups is 1. The highest BCUT2D eigenvalue weighted by Crippen LogP contribution is 2.17. The van der Waals surface area contributed by atoms with Crippen molar-refractivity contribution in [1.82, 2.24) is 0 Å². The summed E-state index contributed by atoms with van der Waals surface area (Å²) in [5.41, 5.74) is 5.34. The number of ether oxygens (including phenoxy) is 1. The Kier molecular flexibility index (Phi) is 2.45. The molecule has 1 rings (SSSR count). The Morgan fingerprint density at radius 3 is 2.78 bits per heavy atom. The molecule has 0 aromatic carbocycles. The molecule has 3 nitrogen and oxygen atoms in total. The van der Waals surface area contributed by atoms with Crippen molar-refractivity contribution >= 4 is 0 Å². The summed E-state index contributed by atoms with van der Waals surface area (Å²) in [4.78, 5) is 0. The van der Waals surface area contributed by atoms with Crippen molar-refractivity contribution in [1.29, 1.82) is 0 Å². The van der Waals surface area contributed by atoms with Gasteiger partial charge in [-0.1, -0.05) is 0 Å². The van der Waals surface area contributed by atoms with Crippen LogP contribution in [0.3, 0.4) is 0 Å². The first-order chi connectivity index (χ1) is 4.36. The normalized spacial score (nSPS) is 35.3. The fourth-order valence-electron chi connectivity index (χ4n) is 1.07. The molecular formula is C6H13NO2. The fourth-order valence-corrected chi connectivity index (χ4v) is 1.07.